The van der Waals surface area contributed by atoms with Gasteiger partial charge in [-0.05, 0) is 38.1 Å². The van der Waals surface area contributed by atoms with Crippen molar-refractivity contribution < 1.29 is 28.7 Å². The van der Waals surface area contributed by atoms with Gasteiger partial charge in [-0.2, -0.15) is 0 Å². The molecular weight excluding hydrogens is 392 g/mol. The Kier molecular flexibility index (Phi) is 6.51. The maximum Gasteiger partial charge on any atom is 0.338 e. The highest BCUT2D eigenvalue weighted by molar-refractivity contribution is 5.91. The predicted octanol–water partition coefficient (Wildman–Crippen LogP) is 2.75. The van der Waals surface area contributed by atoms with Gasteiger partial charge in [-0.25, -0.2) is 4.79 Å². The number of para-hydroxylation sites is 2. The number of likely N-dealkylation sites (N-methyl/N-ethyl adjacent to an activating group) is 1. The minimum atomic E-state index is -0.719. The topological polar surface area (TPSA) is 108 Å². The van der Waals surface area contributed by atoms with Gasteiger partial charge in [0.2, 0.25) is 0 Å². The highest BCUT2D eigenvalue weighted by atomic mass is 16.6. The summed E-state index contributed by atoms with van der Waals surface area (Å²) in [6.07, 6.45) is -0.336. The summed E-state index contributed by atoms with van der Waals surface area (Å²) in [5, 5.41) is 10.9. The minimum Gasteiger partial charge on any atom is -0.486 e. The van der Waals surface area contributed by atoms with E-state index in [4.69, 9.17) is 14.2 Å². The van der Waals surface area contributed by atoms with Crippen molar-refractivity contribution in [2.75, 3.05) is 26.3 Å². The number of amides is 1. The fourth-order valence-corrected chi connectivity index (χ4v) is 3.10. The average Bonchev–Trinajstić information content (AvgIpc) is 2.75. The van der Waals surface area contributed by atoms with Gasteiger partial charge in [-0.3, -0.25) is 14.9 Å². The molecule has 2 aromatic rings. The largest absolute Gasteiger partial charge is 0.486 e. The summed E-state index contributed by atoms with van der Waals surface area (Å²) >= 11 is 0. The van der Waals surface area contributed by atoms with Crippen LogP contribution in [0.1, 0.15) is 22.8 Å². The molecule has 1 aliphatic heterocycles. The van der Waals surface area contributed by atoms with Gasteiger partial charge in [0, 0.05) is 18.2 Å². The number of nitrogens with zero attached hydrogens (tertiary/aromatic N) is 2. The lowest BCUT2D eigenvalue weighted by atomic mass is 10.1. The number of nitro groups is 1. The zero-order valence-corrected chi connectivity index (χ0v) is 16.7. The number of hydrogen-bond donors (Lipinski definition) is 0. The molecule has 3 rings (SSSR count). The Morgan fingerprint density at radius 1 is 1.23 bits per heavy atom. The number of benzene rings is 2. The van der Waals surface area contributed by atoms with E-state index < -0.39 is 17.5 Å². The van der Waals surface area contributed by atoms with Gasteiger partial charge in [0.05, 0.1) is 17.0 Å². The number of esters is 1. The van der Waals surface area contributed by atoms with Gasteiger partial charge in [-0.15, -0.1) is 0 Å². The molecule has 30 heavy (non-hydrogen) atoms. The van der Waals surface area contributed by atoms with Crippen molar-refractivity contribution in [3.8, 4) is 11.5 Å². The SMILES string of the molecule is CCN(C[C@H]1COc2ccccc2O1)C(=O)COC(=O)c1ccc([N+](=O)[O-])c(C)c1. The lowest BCUT2D eigenvalue weighted by Gasteiger charge is -2.30. The number of ether oxygens (including phenoxy) is 3. The van der Waals surface area contributed by atoms with E-state index in [0.717, 1.165) is 0 Å². The normalized spacial score (nSPS) is 14.7. The van der Waals surface area contributed by atoms with E-state index in [2.05, 4.69) is 0 Å². The van der Waals surface area contributed by atoms with Crippen molar-refractivity contribution in [2.45, 2.75) is 20.0 Å². The van der Waals surface area contributed by atoms with Crippen LogP contribution in [0.3, 0.4) is 0 Å². The molecule has 158 valence electrons. The summed E-state index contributed by atoms with van der Waals surface area (Å²) in [5.41, 5.74) is 0.399. The molecule has 1 atom stereocenters. The molecule has 0 radical (unpaired) electrons. The van der Waals surface area contributed by atoms with E-state index >= 15 is 0 Å². The second-order valence-corrected chi connectivity index (χ2v) is 6.76. The van der Waals surface area contributed by atoms with Crippen LogP contribution in [0.5, 0.6) is 11.5 Å². The molecule has 1 heterocycles. The predicted molar refractivity (Wildman–Crippen MR) is 107 cm³/mol. The third-order valence-corrected chi connectivity index (χ3v) is 4.68. The summed E-state index contributed by atoms with van der Waals surface area (Å²) in [6, 6.07) is 11.2. The highest BCUT2D eigenvalue weighted by Gasteiger charge is 2.25. The van der Waals surface area contributed by atoms with E-state index in [9.17, 15) is 19.7 Å². The summed E-state index contributed by atoms with van der Waals surface area (Å²) in [4.78, 5) is 36.6. The molecule has 0 aromatic heterocycles. The van der Waals surface area contributed by atoms with Crippen molar-refractivity contribution in [2.24, 2.45) is 0 Å². The fourth-order valence-electron chi connectivity index (χ4n) is 3.10. The van der Waals surface area contributed by atoms with Crippen LogP contribution in [0.15, 0.2) is 42.5 Å². The van der Waals surface area contributed by atoms with Crippen molar-refractivity contribution in [3.63, 3.8) is 0 Å². The maximum atomic E-state index is 12.5. The van der Waals surface area contributed by atoms with E-state index in [1.54, 1.807) is 6.07 Å². The Bertz CT molecular complexity index is 960. The van der Waals surface area contributed by atoms with E-state index in [1.165, 1.54) is 30.0 Å². The molecular formula is C21H22N2O7. The number of aryl methyl sites for hydroxylation is 1. The first kappa shape index (κ1) is 21.1. The van der Waals surface area contributed by atoms with Gasteiger partial charge in [0.25, 0.3) is 11.6 Å². The summed E-state index contributed by atoms with van der Waals surface area (Å²) in [6.45, 7) is 3.92. The van der Waals surface area contributed by atoms with Gasteiger partial charge in [-0.1, -0.05) is 12.1 Å². The van der Waals surface area contributed by atoms with Crippen molar-refractivity contribution in [1.29, 1.82) is 0 Å². The highest BCUT2D eigenvalue weighted by Crippen LogP contribution is 2.31. The van der Waals surface area contributed by atoms with E-state index in [-0.39, 0.29) is 29.8 Å². The molecule has 0 fully saturated rings. The van der Waals surface area contributed by atoms with E-state index in [0.29, 0.717) is 30.2 Å². The molecule has 1 aliphatic rings. The first-order valence-electron chi connectivity index (χ1n) is 9.47. The van der Waals surface area contributed by atoms with Crippen LogP contribution in [0, 0.1) is 17.0 Å². The van der Waals surface area contributed by atoms with Crippen molar-refractivity contribution >= 4 is 17.6 Å². The first-order chi connectivity index (χ1) is 14.4. The van der Waals surface area contributed by atoms with Crippen LogP contribution in [0.25, 0.3) is 0 Å². The van der Waals surface area contributed by atoms with Gasteiger partial charge < -0.3 is 19.1 Å². The lowest BCUT2D eigenvalue weighted by Crippen LogP contribution is -2.45. The standard InChI is InChI=1S/C21H22N2O7/c1-3-22(11-16-12-28-18-6-4-5-7-19(18)30-16)20(24)13-29-21(25)15-8-9-17(23(26)27)14(2)10-15/h4-10,16H,3,11-13H2,1-2H3/t16-/m0/s1. The third-order valence-electron chi connectivity index (χ3n) is 4.68. The van der Waals surface area contributed by atoms with Crippen LogP contribution >= 0.6 is 0 Å². The Balaban J connectivity index is 1.55. The molecule has 0 spiro atoms. The molecule has 2 aromatic carbocycles. The Labute approximate surface area is 173 Å². The molecule has 1 amide bonds. The third kappa shape index (κ3) is 4.86. The number of nitro benzene ring substituents is 1. The summed E-state index contributed by atoms with van der Waals surface area (Å²) in [7, 11) is 0. The molecule has 0 aliphatic carbocycles. The van der Waals surface area contributed by atoms with Crippen molar-refractivity contribution in [3.05, 3.63) is 63.7 Å². The Hall–Kier alpha value is -3.62. The molecule has 0 saturated carbocycles. The smallest absolute Gasteiger partial charge is 0.338 e. The number of fused-ring (bicyclic) bond motifs is 1. The Morgan fingerprint density at radius 2 is 1.97 bits per heavy atom. The second-order valence-electron chi connectivity index (χ2n) is 6.76. The van der Waals surface area contributed by atoms with Gasteiger partial charge in [0.1, 0.15) is 6.61 Å². The fraction of sp³-hybridized carbons (Fsp3) is 0.333. The monoisotopic (exact) mass is 414 g/mol. The number of carbonyl (C=O) groups is 2. The van der Waals surface area contributed by atoms with E-state index in [1.807, 2.05) is 25.1 Å². The molecule has 9 heteroatoms. The Morgan fingerprint density at radius 3 is 2.63 bits per heavy atom. The molecule has 0 saturated heterocycles. The number of carbonyl (C=O) groups excluding carboxylic acids is 2. The summed E-state index contributed by atoms with van der Waals surface area (Å²) < 4.78 is 16.6. The quantitative estimate of drug-likeness (QED) is 0.389. The van der Waals surface area contributed by atoms with Crippen LogP contribution in [0.2, 0.25) is 0 Å². The average molecular weight is 414 g/mol. The van der Waals surface area contributed by atoms with Gasteiger partial charge in [0.15, 0.2) is 24.2 Å². The maximum absolute atomic E-state index is 12.5. The number of hydrogen-bond acceptors (Lipinski definition) is 7. The molecule has 0 bridgehead atoms. The summed E-state index contributed by atoms with van der Waals surface area (Å²) in [5.74, 6) is 0.197. The van der Waals surface area contributed by atoms with Crippen LogP contribution < -0.4 is 9.47 Å². The van der Waals surface area contributed by atoms with Gasteiger partial charge >= 0.3 is 5.97 Å². The molecule has 0 N–H and O–H groups in total. The lowest BCUT2D eigenvalue weighted by molar-refractivity contribution is -0.385. The first-order valence-corrected chi connectivity index (χ1v) is 9.47. The van der Waals surface area contributed by atoms with Crippen molar-refractivity contribution in [1.82, 2.24) is 4.90 Å². The zero-order chi connectivity index (χ0) is 21.7. The second kappa shape index (κ2) is 9.25. The molecule has 9 nitrogen and oxygen atoms in total. The van der Waals surface area contributed by atoms with Crippen LogP contribution in [-0.4, -0.2) is 54.1 Å². The minimum absolute atomic E-state index is 0.0870. The van der Waals surface area contributed by atoms with Crippen LogP contribution in [-0.2, 0) is 9.53 Å². The zero-order valence-electron chi connectivity index (χ0n) is 16.7. The van der Waals surface area contributed by atoms with Crippen LogP contribution in [0.4, 0.5) is 5.69 Å². The molecule has 0 unspecified atom stereocenters. The number of rotatable bonds is 7.